The number of hydrogen-bond donors (Lipinski definition) is 1. The third kappa shape index (κ3) is 5.95. The Morgan fingerprint density at radius 2 is 1.84 bits per heavy atom. The average molecular weight is 419 g/mol. The van der Waals surface area contributed by atoms with Gasteiger partial charge < -0.3 is 14.5 Å². The summed E-state index contributed by atoms with van der Waals surface area (Å²) in [7, 11) is 1.79. The SMILES string of the molecule is CN(Cc1ccn[nH]1)C(=O)c1ccc(OC2CCN(CCc3ccccc3)CC2)cc1. The Kier molecular flexibility index (Phi) is 6.99. The molecule has 1 aromatic heterocycles. The van der Waals surface area contributed by atoms with Gasteiger partial charge in [-0.25, -0.2) is 0 Å². The van der Waals surface area contributed by atoms with Gasteiger partial charge >= 0.3 is 0 Å². The molecule has 1 fully saturated rings. The van der Waals surface area contributed by atoms with E-state index in [1.165, 1.54) is 5.56 Å². The van der Waals surface area contributed by atoms with Gasteiger partial charge in [-0.05, 0) is 55.2 Å². The average Bonchev–Trinajstić information content (AvgIpc) is 3.32. The standard InChI is InChI=1S/C25H30N4O2/c1-28(19-22-11-15-26-27-22)25(30)21-7-9-23(10-8-21)31-24-13-17-29(18-14-24)16-12-20-5-3-2-4-6-20/h2-11,15,24H,12-14,16-19H2,1H3,(H,26,27). The lowest BCUT2D eigenvalue weighted by molar-refractivity contribution is 0.0783. The van der Waals surface area contributed by atoms with Crippen LogP contribution in [0, 0.1) is 0 Å². The first-order chi connectivity index (χ1) is 15.2. The molecule has 2 aromatic carbocycles. The van der Waals surface area contributed by atoms with Crippen LogP contribution in [0.15, 0.2) is 66.9 Å². The molecule has 31 heavy (non-hydrogen) atoms. The first-order valence-corrected chi connectivity index (χ1v) is 10.9. The summed E-state index contributed by atoms with van der Waals surface area (Å²) in [6, 6.07) is 20.0. The minimum Gasteiger partial charge on any atom is -0.490 e. The monoisotopic (exact) mass is 418 g/mol. The highest BCUT2D eigenvalue weighted by Gasteiger charge is 2.20. The van der Waals surface area contributed by atoms with Gasteiger partial charge in [-0.2, -0.15) is 5.10 Å². The molecule has 0 atom stereocenters. The van der Waals surface area contributed by atoms with Crippen LogP contribution in [0.3, 0.4) is 0 Å². The van der Waals surface area contributed by atoms with Crippen molar-refractivity contribution in [3.8, 4) is 5.75 Å². The van der Waals surface area contributed by atoms with Crippen molar-refractivity contribution in [2.75, 3.05) is 26.7 Å². The zero-order chi connectivity index (χ0) is 21.5. The number of piperidine rings is 1. The fourth-order valence-electron chi connectivity index (χ4n) is 3.97. The predicted molar refractivity (Wildman–Crippen MR) is 121 cm³/mol. The normalized spacial score (nSPS) is 15.0. The molecule has 0 spiro atoms. The first-order valence-electron chi connectivity index (χ1n) is 10.9. The lowest BCUT2D eigenvalue weighted by atomic mass is 10.1. The number of hydrogen-bond acceptors (Lipinski definition) is 4. The number of carbonyl (C=O) groups is 1. The molecular weight excluding hydrogens is 388 g/mol. The number of nitrogens with one attached hydrogen (secondary N) is 1. The first kappa shape index (κ1) is 21.1. The molecule has 0 radical (unpaired) electrons. The number of ether oxygens (including phenoxy) is 1. The van der Waals surface area contributed by atoms with E-state index < -0.39 is 0 Å². The lowest BCUT2D eigenvalue weighted by Gasteiger charge is -2.32. The Morgan fingerprint density at radius 3 is 2.52 bits per heavy atom. The van der Waals surface area contributed by atoms with Gasteiger partial charge in [0.1, 0.15) is 11.9 Å². The van der Waals surface area contributed by atoms with Gasteiger partial charge in [-0.3, -0.25) is 9.89 Å². The van der Waals surface area contributed by atoms with Crippen molar-refractivity contribution in [1.82, 2.24) is 20.0 Å². The second-order valence-electron chi connectivity index (χ2n) is 8.16. The van der Waals surface area contributed by atoms with Crippen molar-refractivity contribution in [1.29, 1.82) is 0 Å². The number of likely N-dealkylation sites (tertiary alicyclic amines) is 1. The van der Waals surface area contributed by atoms with Crippen molar-refractivity contribution < 1.29 is 9.53 Å². The van der Waals surface area contributed by atoms with Gasteiger partial charge in [-0.1, -0.05) is 30.3 Å². The summed E-state index contributed by atoms with van der Waals surface area (Å²) in [6.45, 7) is 3.72. The Balaban J connectivity index is 1.22. The zero-order valence-corrected chi connectivity index (χ0v) is 18.0. The minimum absolute atomic E-state index is 0.0205. The molecule has 1 aliphatic rings. The van der Waals surface area contributed by atoms with E-state index in [4.69, 9.17) is 4.74 Å². The van der Waals surface area contributed by atoms with Crippen molar-refractivity contribution in [2.45, 2.75) is 31.9 Å². The number of rotatable bonds is 8. The fourth-order valence-corrected chi connectivity index (χ4v) is 3.97. The summed E-state index contributed by atoms with van der Waals surface area (Å²) in [5, 5.41) is 6.80. The summed E-state index contributed by atoms with van der Waals surface area (Å²) in [4.78, 5) is 16.8. The number of amides is 1. The van der Waals surface area contributed by atoms with E-state index in [1.807, 2.05) is 30.3 Å². The predicted octanol–water partition coefficient (Wildman–Crippen LogP) is 3.77. The topological polar surface area (TPSA) is 61.5 Å². The maximum atomic E-state index is 12.6. The van der Waals surface area contributed by atoms with E-state index in [0.29, 0.717) is 12.1 Å². The van der Waals surface area contributed by atoms with Crippen molar-refractivity contribution in [3.63, 3.8) is 0 Å². The molecular formula is C25H30N4O2. The highest BCUT2D eigenvalue weighted by molar-refractivity contribution is 5.94. The van der Waals surface area contributed by atoms with E-state index in [0.717, 1.165) is 50.3 Å². The van der Waals surface area contributed by atoms with Gasteiger partial charge in [0.15, 0.2) is 0 Å². The van der Waals surface area contributed by atoms with E-state index in [2.05, 4.69) is 45.4 Å². The van der Waals surface area contributed by atoms with Crippen LogP contribution in [-0.4, -0.2) is 58.7 Å². The van der Waals surface area contributed by atoms with Crippen LogP contribution in [0.2, 0.25) is 0 Å². The summed E-state index contributed by atoms with van der Waals surface area (Å²) >= 11 is 0. The molecule has 4 rings (SSSR count). The minimum atomic E-state index is -0.0205. The third-order valence-corrected chi connectivity index (χ3v) is 5.81. The van der Waals surface area contributed by atoms with Crippen LogP contribution in [0.4, 0.5) is 0 Å². The highest BCUT2D eigenvalue weighted by Crippen LogP contribution is 2.20. The van der Waals surface area contributed by atoms with Crippen LogP contribution in [0.25, 0.3) is 0 Å². The number of benzene rings is 2. The van der Waals surface area contributed by atoms with Gasteiger partial charge in [0.25, 0.3) is 5.91 Å². The number of H-pyrrole nitrogens is 1. The summed E-state index contributed by atoms with van der Waals surface area (Å²) in [5.41, 5.74) is 2.96. The number of nitrogens with zero attached hydrogens (tertiary/aromatic N) is 3. The Morgan fingerprint density at radius 1 is 1.10 bits per heavy atom. The Labute approximate surface area is 183 Å². The van der Waals surface area contributed by atoms with Gasteiger partial charge in [0, 0.05) is 38.4 Å². The van der Waals surface area contributed by atoms with E-state index in [9.17, 15) is 4.79 Å². The summed E-state index contributed by atoms with van der Waals surface area (Å²) in [5.74, 6) is 0.809. The van der Waals surface area contributed by atoms with Gasteiger partial charge in [0.2, 0.25) is 0 Å². The molecule has 1 amide bonds. The lowest BCUT2D eigenvalue weighted by Crippen LogP contribution is -2.39. The second kappa shape index (κ2) is 10.3. The van der Waals surface area contributed by atoms with Crippen LogP contribution in [0.1, 0.15) is 34.5 Å². The molecule has 6 heteroatoms. The molecule has 1 N–H and O–H groups in total. The Bertz CT molecular complexity index is 933. The number of aromatic amines is 1. The molecule has 2 heterocycles. The molecule has 0 saturated carbocycles. The molecule has 1 aliphatic heterocycles. The molecule has 1 saturated heterocycles. The van der Waals surface area contributed by atoms with Gasteiger partial charge in [0.05, 0.1) is 12.2 Å². The smallest absolute Gasteiger partial charge is 0.253 e. The second-order valence-corrected chi connectivity index (χ2v) is 8.16. The highest BCUT2D eigenvalue weighted by atomic mass is 16.5. The largest absolute Gasteiger partial charge is 0.490 e. The molecule has 162 valence electrons. The van der Waals surface area contributed by atoms with Crippen molar-refractivity contribution >= 4 is 5.91 Å². The van der Waals surface area contributed by atoms with Crippen LogP contribution < -0.4 is 4.74 Å². The van der Waals surface area contributed by atoms with Crippen molar-refractivity contribution in [2.24, 2.45) is 0 Å². The van der Waals surface area contributed by atoms with Crippen LogP contribution >= 0.6 is 0 Å². The molecule has 6 nitrogen and oxygen atoms in total. The molecule has 0 bridgehead atoms. The fraction of sp³-hybridized carbons (Fsp3) is 0.360. The van der Waals surface area contributed by atoms with Crippen LogP contribution in [0.5, 0.6) is 5.75 Å². The van der Waals surface area contributed by atoms with Crippen LogP contribution in [-0.2, 0) is 13.0 Å². The Hall–Kier alpha value is -3.12. The molecule has 3 aromatic rings. The molecule has 0 aliphatic carbocycles. The zero-order valence-electron chi connectivity index (χ0n) is 18.0. The summed E-state index contributed by atoms with van der Waals surface area (Å²) in [6.07, 6.45) is 5.08. The molecule has 0 unspecified atom stereocenters. The summed E-state index contributed by atoms with van der Waals surface area (Å²) < 4.78 is 6.18. The van der Waals surface area contributed by atoms with Crippen molar-refractivity contribution in [3.05, 3.63) is 83.7 Å². The maximum absolute atomic E-state index is 12.6. The van der Waals surface area contributed by atoms with E-state index >= 15 is 0 Å². The number of aromatic nitrogens is 2. The maximum Gasteiger partial charge on any atom is 0.253 e. The van der Waals surface area contributed by atoms with E-state index in [-0.39, 0.29) is 12.0 Å². The number of carbonyl (C=O) groups excluding carboxylic acids is 1. The quantitative estimate of drug-likeness (QED) is 0.605. The third-order valence-electron chi connectivity index (χ3n) is 5.81. The van der Waals surface area contributed by atoms with E-state index in [1.54, 1.807) is 18.1 Å². The van der Waals surface area contributed by atoms with Gasteiger partial charge in [-0.15, -0.1) is 0 Å².